The maximum Gasteiger partial charge on any atom is 0.326 e. The molecule has 0 fully saturated rings. The van der Waals surface area contributed by atoms with E-state index in [1.165, 1.54) is 6.08 Å². The van der Waals surface area contributed by atoms with Crippen molar-refractivity contribution in [1.29, 1.82) is 0 Å². The predicted molar refractivity (Wildman–Crippen MR) is 60.0 cm³/mol. The van der Waals surface area contributed by atoms with Gasteiger partial charge in [-0.1, -0.05) is 20.3 Å². The van der Waals surface area contributed by atoms with Crippen LogP contribution in [0.15, 0.2) is 11.8 Å². The molecule has 3 N–H and O–H groups in total. The molecule has 2 atom stereocenters. The summed E-state index contributed by atoms with van der Waals surface area (Å²) in [5.74, 6) is -0.884. The molecule has 0 unspecified atom stereocenters. The highest BCUT2D eigenvalue weighted by molar-refractivity contribution is 5.93. The number of carboxylic acid groups (broad SMARTS) is 1. The molecule has 16 heavy (non-hydrogen) atoms. The van der Waals surface area contributed by atoms with Crippen molar-refractivity contribution in [3.63, 3.8) is 0 Å². The maximum absolute atomic E-state index is 11.1. The Bertz CT molecular complexity index is 312. The Kier molecular flexibility index (Phi) is 4.49. The van der Waals surface area contributed by atoms with E-state index in [4.69, 9.17) is 5.11 Å². The van der Waals surface area contributed by atoms with Crippen LogP contribution in [0.2, 0.25) is 0 Å². The van der Waals surface area contributed by atoms with E-state index in [0.29, 0.717) is 18.8 Å². The summed E-state index contributed by atoms with van der Waals surface area (Å²) < 4.78 is 0. The van der Waals surface area contributed by atoms with Crippen LogP contribution in [-0.2, 0) is 9.59 Å². The van der Waals surface area contributed by atoms with Gasteiger partial charge in [-0.2, -0.15) is 0 Å². The molecular formula is C11H18N2O3. The summed E-state index contributed by atoms with van der Waals surface area (Å²) in [6.45, 7) is 4.67. The summed E-state index contributed by atoms with van der Waals surface area (Å²) in [6.07, 6.45) is 2.26. The van der Waals surface area contributed by atoms with Gasteiger partial charge in [0.05, 0.1) is 6.54 Å². The molecule has 90 valence electrons. The first-order valence-corrected chi connectivity index (χ1v) is 5.48. The third kappa shape index (κ3) is 3.34. The molecule has 0 aromatic heterocycles. The Hall–Kier alpha value is -1.36. The van der Waals surface area contributed by atoms with Gasteiger partial charge in [-0.3, -0.25) is 4.79 Å². The quantitative estimate of drug-likeness (QED) is 0.621. The standard InChI is InChI=1S/C11H18N2O3/c1-3-7(2)10(11(15)16)13-8-4-9(14)6-12-5-8/h4,7,10,12-13H,3,5-6H2,1-2H3,(H,15,16)/t7-,10-/m0/s1. The van der Waals surface area contributed by atoms with Crippen LogP contribution in [0.4, 0.5) is 0 Å². The molecule has 5 heteroatoms. The fourth-order valence-corrected chi connectivity index (χ4v) is 1.59. The zero-order valence-corrected chi connectivity index (χ0v) is 9.62. The Balaban J connectivity index is 2.68. The maximum atomic E-state index is 11.1. The van der Waals surface area contributed by atoms with Gasteiger partial charge in [-0.25, -0.2) is 4.79 Å². The van der Waals surface area contributed by atoms with Crippen LogP contribution in [0.3, 0.4) is 0 Å². The molecule has 0 saturated carbocycles. The summed E-state index contributed by atoms with van der Waals surface area (Å²) in [5.41, 5.74) is 0.656. The number of carboxylic acids is 1. The molecule has 0 amide bonds. The summed E-state index contributed by atoms with van der Waals surface area (Å²) in [5, 5.41) is 14.9. The Morgan fingerprint density at radius 1 is 1.62 bits per heavy atom. The van der Waals surface area contributed by atoms with Crippen LogP contribution in [0.1, 0.15) is 20.3 Å². The van der Waals surface area contributed by atoms with Crippen molar-refractivity contribution >= 4 is 11.8 Å². The van der Waals surface area contributed by atoms with Crippen molar-refractivity contribution in [3.05, 3.63) is 11.8 Å². The van der Waals surface area contributed by atoms with E-state index < -0.39 is 12.0 Å². The zero-order valence-electron chi connectivity index (χ0n) is 9.62. The van der Waals surface area contributed by atoms with E-state index in [1.54, 1.807) is 0 Å². The minimum atomic E-state index is -0.881. The van der Waals surface area contributed by atoms with E-state index in [2.05, 4.69) is 10.6 Å². The van der Waals surface area contributed by atoms with E-state index in [0.717, 1.165) is 6.42 Å². The van der Waals surface area contributed by atoms with Gasteiger partial charge in [0.1, 0.15) is 6.04 Å². The molecule has 0 aliphatic carbocycles. The van der Waals surface area contributed by atoms with Gasteiger partial charge in [0.2, 0.25) is 0 Å². The third-order valence-corrected chi connectivity index (χ3v) is 2.77. The fourth-order valence-electron chi connectivity index (χ4n) is 1.59. The zero-order chi connectivity index (χ0) is 12.1. The molecule has 1 rings (SSSR count). The second kappa shape index (κ2) is 5.65. The summed E-state index contributed by atoms with van der Waals surface area (Å²) >= 11 is 0. The Morgan fingerprint density at radius 3 is 2.81 bits per heavy atom. The highest BCUT2D eigenvalue weighted by Gasteiger charge is 2.24. The number of ketones is 1. The number of hydrogen-bond donors (Lipinski definition) is 3. The first kappa shape index (κ1) is 12.7. The molecule has 0 bridgehead atoms. The molecule has 0 saturated heterocycles. The summed E-state index contributed by atoms with van der Waals surface area (Å²) in [4.78, 5) is 22.2. The van der Waals surface area contributed by atoms with Crippen LogP contribution >= 0.6 is 0 Å². The second-order valence-electron chi connectivity index (χ2n) is 4.09. The minimum Gasteiger partial charge on any atom is -0.480 e. The van der Waals surface area contributed by atoms with Gasteiger partial charge >= 0.3 is 5.97 Å². The molecule has 1 aliphatic rings. The monoisotopic (exact) mass is 226 g/mol. The van der Waals surface area contributed by atoms with Gasteiger partial charge < -0.3 is 15.7 Å². The Morgan fingerprint density at radius 2 is 2.31 bits per heavy atom. The number of hydrogen-bond acceptors (Lipinski definition) is 4. The Labute approximate surface area is 94.9 Å². The summed E-state index contributed by atoms with van der Waals surface area (Å²) in [7, 11) is 0. The topological polar surface area (TPSA) is 78.4 Å². The normalized spacial score (nSPS) is 19.9. The lowest BCUT2D eigenvalue weighted by Gasteiger charge is -2.24. The fraction of sp³-hybridized carbons (Fsp3) is 0.636. The number of aliphatic carboxylic acids is 1. The molecule has 1 heterocycles. The highest BCUT2D eigenvalue weighted by atomic mass is 16.4. The lowest BCUT2D eigenvalue weighted by molar-refractivity contribution is -0.140. The van der Waals surface area contributed by atoms with E-state index in [1.807, 2.05) is 13.8 Å². The van der Waals surface area contributed by atoms with Gasteiger partial charge in [-0.05, 0) is 5.92 Å². The minimum absolute atomic E-state index is 0.0235. The largest absolute Gasteiger partial charge is 0.480 e. The van der Waals surface area contributed by atoms with Gasteiger partial charge in [0.25, 0.3) is 0 Å². The number of nitrogens with one attached hydrogen (secondary N) is 2. The van der Waals surface area contributed by atoms with Crippen LogP contribution in [0.5, 0.6) is 0 Å². The van der Waals surface area contributed by atoms with Crippen LogP contribution in [0.25, 0.3) is 0 Å². The molecule has 1 aliphatic heterocycles. The van der Waals surface area contributed by atoms with Crippen molar-refractivity contribution in [2.24, 2.45) is 5.92 Å². The van der Waals surface area contributed by atoms with Crippen molar-refractivity contribution in [3.8, 4) is 0 Å². The second-order valence-corrected chi connectivity index (χ2v) is 4.09. The highest BCUT2D eigenvalue weighted by Crippen LogP contribution is 2.10. The molecule has 0 aromatic rings. The van der Waals surface area contributed by atoms with Crippen molar-refractivity contribution < 1.29 is 14.7 Å². The lowest BCUT2D eigenvalue weighted by atomic mass is 9.98. The lowest BCUT2D eigenvalue weighted by Crippen LogP contribution is -2.45. The van der Waals surface area contributed by atoms with Crippen LogP contribution in [-0.4, -0.2) is 36.0 Å². The third-order valence-electron chi connectivity index (χ3n) is 2.77. The number of rotatable bonds is 5. The van der Waals surface area contributed by atoms with Crippen LogP contribution in [0, 0.1) is 5.92 Å². The van der Waals surface area contributed by atoms with Gasteiger partial charge in [0, 0.05) is 18.3 Å². The molecule has 0 spiro atoms. The van der Waals surface area contributed by atoms with E-state index in [-0.39, 0.29) is 11.7 Å². The molecule has 5 nitrogen and oxygen atoms in total. The SMILES string of the molecule is CC[C@H](C)[C@H](NC1=CC(=O)CNC1)C(=O)O. The first-order valence-electron chi connectivity index (χ1n) is 5.48. The molecule has 0 aromatic carbocycles. The van der Waals surface area contributed by atoms with E-state index in [9.17, 15) is 9.59 Å². The van der Waals surface area contributed by atoms with Crippen molar-refractivity contribution in [2.45, 2.75) is 26.3 Å². The average molecular weight is 226 g/mol. The first-order chi connectivity index (χ1) is 7.54. The van der Waals surface area contributed by atoms with Crippen molar-refractivity contribution in [1.82, 2.24) is 10.6 Å². The van der Waals surface area contributed by atoms with Gasteiger partial charge in [0.15, 0.2) is 5.78 Å². The molecule has 0 radical (unpaired) electrons. The van der Waals surface area contributed by atoms with Crippen molar-refractivity contribution in [2.75, 3.05) is 13.1 Å². The smallest absolute Gasteiger partial charge is 0.326 e. The predicted octanol–water partition coefficient (Wildman–Crippen LogP) is 0.132. The van der Waals surface area contributed by atoms with Crippen LogP contribution < -0.4 is 10.6 Å². The number of carbonyl (C=O) groups is 2. The number of carbonyl (C=O) groups excluding carboxylic acids is 1. The summed E-state index contributed by atoms with van der Waals surface area (Å²) in [6, 6.07) is -0.635. The van der Waals surface area contributed by atoms with Gasteiger partial charge in [-0.15, -0.1) is 0 Å². The average Bonchev–Trinajstić information content (AvgIpc) is 2.24. The molecular weight excluding hydrogens is 208 g/mol. The van der Waals surface area contributed by atoms with E-state index >= 15 is 0 Å².